The van der Waals surface area contributed by atoms with E-state index in [-0.39, 0.29) is 5.91 Å². The highest BCUT2D eigenvalue weighted by Crippen LogP contribution is 2.30. The Hall–Kier alpha value is -1.36. The van der Waals surface area contributed by atoms with Gasteiger partial charge in [-0.15, -0.1) is 0 Å². The molecule has 0 spiro atoms. The number of hydrogen-bond donors (Lipinski definition) is 1. The van der Waals surface area contributed by atoms with E-state index in [1.54, 1.807) is 6.33 Å². The Kier molecular flexibility index (Phi) is 3.78. The molecule has 1 aromatic rings. The lowest BCUT2D eigenvalue weighted by Gasteiger charge is -2.37. The molecule has 5 nitrogen and oxygen atoms in total. The summed E-state index contributed by atoms with van der Waals surface area (Å²) in [5.74, 6) is 0.0961. The monoisotopic (exact) mass is 276 g/mol. The molecule has 20 heavy (non-hydrogen) atoms. The lowest BCUT2D eigenvalue weighted by Crippen LogP contribution is -2.50. The Morgan fingerprint density at radius 1 is 1.45 bits per heavy atom. The van der Waals surface area contributed by atoms with E-state index in [1.807, 2.05) is 17.8 Å². The summed E-state index contributed by atoms with van der Waals surface area (Å²) in [5, 5.41) is 3.64. The fourth-order valence-electron chi connectivity index (χ4n) is 3.64. The van der Waals surface area contributed by atoms with E-state index < -0.39 is 0 Å². The van der Waals surface area contributed by atoms with Gasteiger partial charge in [-0.1, -0.05) is 6.92 Å². The van der Waals surface area contributed by atoms with Crippen molar-refractivity contribution < 1.29 is 4.79 Å². The molecule has 2 unspecified atom stereocenters. The van der Waals surface area contributed by atoms with Gasteiger partial charge in [-0.2, -0.15) is 0 Å². The van der Waals surface area contributed by atoms with Gasteiger partial charge in [0.1, 0.15) is 5.69 Å². The first-order valence-corrected chi connectivity index (χ1v) is 7.72. The number of hydrogen-bond acceptors (Lipinski definition) is 3. The van der Waals surface area contributed by atoms with E-state index in [2.05, 4.69) is 22.1 Å². The molecule has 0 radical (unpaired) electrons. The molecule has 2 aliphatic rings. The molecule has 0 saturated carbocycles. The van der Waals surface area contributed by atoms with Gasteiger partial charge in [-0.3, -0.25) is 4.79 Å². The first-order valence-electron chi connectivity index (χ1n) is 7.72. The van der Waals surface area contributed by atoms with Crippen molar-refractivity contribution in [3.8, 4) is 0 Å². The number of nitrogens with zero attached hydrogens (tertiary/aromatic N) is 3. The van der Waals surface area contributed by atoms with Crippen LogP contribution in [0.15, 0.2) is 12.5 Å². The van der Waals surface area contributed by atoms with Gasteiger partial charge in [0.05, 0.1) is 6.33 Å². The summed E-state index contributed by atoms with van der Waals surface area (Å²) in [6.07, 6.45) is 9.23. The summed E-state index contributed by atoms with van der Waals surface area (Å²) >= 11 is 0. The van der Waals surface area contributed by atoms with Crippen LogP contribution in [0.3, 0.4) is 0 Å². The topological polar surface area (TPSA) is 50.2 Å². The Morgan fingerprint density at radius 3 is 2.70 bits per heavy atom. The standard InChI is InChI=1S/C15H24N4O/c1-3-6-19(15(20)14-9-18(2)10-16-14)13-7-11-4-5-12(8-13)17-11/h9-13,17H,3-8H2,1-2H3. The number of piperidine rings is 1. The SMILES string of the molecule is CCCN(C(=O)c1cn(C)cn1)C1CC2CCC(C1)N2. The lowest BCUT2D eigenvalue weighted by molar-refractivity contribution is 0.0611. The minimum Gasteiger partial charge on any atom is -0.340 e. The van der Waals surface area contributed by atoms with Crippen LogP contribution in [0.2, 0.25) is 0 Å². The van der Waals surface area contributed by atoms with Crippen molar-refractivity contribution in [2.75, 3.05) is 6.54 Å². The third-order valence-electron chi connectivity index (χ3n) is 4.54. The average molecular weight is 276 g/mol. The van der Waals surface area contributed by atoms with Crippen LogP contribution in [0.25, 0.3) is 0 Å². The van der Waals surface area contributed by atoms with Gasteiger partial charge >= 0.3 is 0 Å². The van der Waals surface area contributed by atoms with Crippen LogP contribution in [0.4, 0.5) is 0 Å². The fourth-order valence-corrected chi connectivity index (χ4v) is 3.64. The molecule has 1 amide bonds. The maximum Gasteiger partial charge on any atom is 0.274 e. The summed E-state index contributed by atoms with van der Waals surface area (Å²) in [5.41, 5.74) is 0.576. The number of carbonyl (C=O) groups excluding carboxylic acids is 1. The van der Waals surface area contributed by atoms with Crippen molar-refractivity contribution in [1.82, 2.24) is 19.8 Å². The molecule has 1 N–H and O–H groups in total. The lowest BCUT2D eigenvalue weighted by atomic mass is 9.97. The second-order valence-electron chi connectivity index (χ2n) is 6.19. The Labute approximate surface area is 120 Å². The number of imidazole rings is 1. The Bertz CT molecular complexity index is 472. The van der Waals surface area contributed by atoms with Gasteiger partial charge in [-0.05, 0) is 32.1 Å². The van der Waals surface area contributed by atoms with E-state index in [0.717, 1.165) is 25.8 Å². The summed E-state index contributed by atoms with van der Waals surface area (Å²) in [4.78, 5) is 19.0. The van der Waals surface area contributed by atoms with Gasteiger partial charge in [0.2, 0.25) is 0 Å². The van der Waals surface area contributed by atoms with Crippen LogP contribution in [0.1, 0.15) is 49.5 Å². The number of amides is 1. The normalized spacial score (nSPS) is 28.6. The highest BCUT2D eigenvalue weighted by molar-refractivity contribution is 5.92. The maximum atomic E-state index is 12.7. The molecule has 2 fully saturated rings. The van der Waals surface area contributed by atoms with Crippen LogP contribution < -0.4 is 5.32 Å². The average Bonchev–Trinajstić information content (AvgIpc) is 3.01. The van der Waals surface area contributed by atoms with Gasteiger partial charge in [0, 0.05) is 37.9 Å². The largest absolute Gasteiger partial charge is 0.340 e. The summed E-state index contributed by atoms with van der Waals surface area (Å²) in [6.45, 7) is 2.97. The molecule has 3 rings (SSSR count). The van der Waals surface area contributed by atoms with Crippen molar-refractivity contribution in [2.24, 2.45) is 7.05 Å². The third kappa shape index (κ3) is 2.59. The fraction of sp³-hybridized carbons (Fsp3) is 0.733. The predicted molar refractivity (Wildman–Crippen MR) is 77.5 cm³/mol. The second-order valence-corrected chi connectivity index (χ2v) is 6.19. The van der Waals surface area contributed by atoms with Crippen LogP contribution in [0, 0.1) is 0 Å². The van der Waals surface area contributed by atoms with Crippen LogP contribution in [-0.4, -0.2) is 45.0 Å². The quantitative estimate of drug-likeness (QED) is 0.908. The van der Waals surface area contributed by atoms with E-state index in [9.17, 15) is 4.79 Å². The molecular formula is C15H24N4O. The molecule has 2 saturated heterocycles. The third-order valence-corrected chi connectivity index (χ3v) is 4.54. The number of rotatable bonds is 4. The Morgan fingerprint density at radius 2 is 2.15 bits per heavy atom. The maximum absolute atomic E-state index is 12.7. The van der Waals surface area contributed by atoms with E-state index >= 15 is 0 Å². The number of carbonyl (C=O) groups is 1. The van der Waals surface area contributed by atoms with Crippen molar-refractivity contribution in [3.63, 3.8) is 0 Å². The van der Waals surface area contributed by atoms with Crippen molar-refractivity contribution in [3.05, 3.63) is 18.2 Å². The smallest absolute Gasteiger partial charge is 0.274 e. The number of aryl methyl sites for hydroxylation is 1. The van der Waals surface area contributed by atoms with Gasteiger partial charge in [0.15, 0.2) is 0 Å². The first-order chi connectivity index (χ1) is 9.67. The molecular weight excluding hydrogens is 252 g/mol. The highest BCUT2D eigenvalue weighted by atomic mass is 16.2. The highest BCUT2D eigenvalue weighted by Gasteiger charge is 2.37. The predicted octanol–water partition coefficient (Wildman–Crippen LogP) is 1.56. The minimum absolute atomic E-state index is 0.0961. The molecule has 2 atom stereocenters. The molecule has 1 aromatic heterocycles. The molecule has 5 heteroatoms. The second kappa shape index (κ2) is 5.56. The van der Waals surface area contributed by atoms with E-state index in [4.69, 9.17) is 0 Å². The number of nitrogens with one attached hydrogen (secondary N) is 1. The molecule has 0 aromatic carbocycles. The zero-order valence-electron chi connectivity index (χ0n) is 12.4. The molecule has 2 aliphatic heterocycles. The number of fused-ring (bicyclic) bond motifs is 2. The van der Waals surface area contributed by atoms with Crippen LogP contribution >= 0.6 is 0 Å². The van der Waals surface area contributed by atoms with E-state index in [0.29, 0.717) is 23.8 Å². The molecule has 3 heterocycles. The number of aromatic nitrogens is 2. The van der Waals surface area contributed by atoms with Crippen molar-refractivity contribution in [1.29, 1.82) is 0 Å². The van der Waals surface area contributed by atoms with Gasteiger partial charge in [-0.25, -0.2) is 4.98 Å². The van der Waals surface area contributed by atoms with Crippen molar-refractivity contribution >= 4 is 5.91 Å². The van der Waals surface area contributed by atoms with Crippen LogP contribution in [0.5, 0.6) is 0 Å². The van der Waals surface area contributed by atoms with Crippen LogP contribution in [-0.2, 0) is 7.05 Å². The zero-order chi connectivity index (χ0) is 14.1. The zero-order valence-corrected chi connectivity index (χ0v) is 12.4. The summed E-state index contributed by atoms with van der Waals surface area (Å²) in [7, 11) is 1.90. The molecule has 2 bridgehead atoms. The summed E-state index contributed by atoms with van der Waals surface area (Å²) < 4.78 is 1.84. The first kappa shape index (κ1) is 13.6. The summed E-state index contributed by atoms with van der Waals surface area (Å²) in [6, 6.07) is 1.59. The molecule has 110 valence electrons. The Balaban J connectivity index is 1.76. The van der Waals surface area contributed by atoms with Crippen molar-refractivity contribution in [2.45, 2.75) is 57.2 Å². The molecule has 0 aliphatic carbocycles. The van der Waals surface area contributed by atoms with Gasteiger partial charge in [0.25, 0.3) is 5.91 Å². The van der Waals surface area contributed by atoms with Gasteiger partial charge < -0.3 is 14.8 Å². The minimum atomic E-state index is 0.0961. The van der Waals surface area contributed by atoms with E-state index in [1.165, 1.54) is 12.8 Å².